The van der Waals surface area contributed by atoms with Crippen LogP contribution in [0.2, 0.25) is 0 Å². The molecule has 2 aromatic rings. The average molecular weight is 494 g/mol. The molecule has 0 amide bonds. The fourth-order valence-corrected chi connectivity index (χ4v) is 7.40. The lowest BCUT2D eigenvalue weighted by Gasteiger charge is -2.39. The average Bonchev–Trinajstić information content (AvgIpc) is 3.21. The Labute approximate surface area is 208 Å². The Balaban J connectivity index is 2.09. The number of hydrogen-bond acceptors (Lipinski definition) is 4. The van der Waals surface area contributed by atoms with Crippen molar-refractivity contribution in [2.24, 2.45) is 17.8 Å². The number of fused-ring (bicyclic) bond motifs is 1. The molecule has 2 aliphatic rings. The van der Waals surface area contributed by atoms with Gasteiger partial charge >= 0.3 is 0 Å². The minimum absolute atomic E-state index is 0.197. The number of nitrogens with zero attached hydrogens (tertiary/aromatic N) is 1. The smallest absolute Gasteiger partial charge is 0.252 e. The maximum absolute atomic E-state index is 14.9. The van der Waals surface area contributed by atoms with Gasteiger partial charge in [-0.1, -0.05) is 83.0 Å². The van der Waals surface area contributed by atoms with Gasteiger partial charge in [0.1, 0.15) is 10.3 Å². The van der Waals surface area contributed by atoms with Crippen LogP contribution < -0.4 is 0 Å². The van der Waals surface area contributed by atoms with Gasteiger partial charge in [-0.3, -0.25) is 4.79 Å². The van der Waals surface area contributed by atoms with Crippen LogP contribution in [0.25, 0.3) is 10.9 Å². The van der Waals surface area contributed by atoms with Crippen LogP contribution in [-0.4, -0.2) is 28.0 Å². The van der Waals surface area contributed by atoms with Crippen molar-refractivity contribution in [3.05, 3.63) is 83.6 Å². The van der Waals surface area contributed by atoms with E-state index in [1.54, 1.807) is 18.2 Å². The fourth-order valence-electron chi connectivity index (χ4n) is 5.01. The Bertz CT molecular complexity index is 1360. The number of allylic oxidation sites excluding steroid dienone is 4. The van der Waals surface area contributed by atoms with Gasteiger partial charge < -0.3 is 5.11 Å². The van der Waals surface area contributed by atoms with Gasteiger partial charge in [-0.2, -0.15) is 0 Å². The predicted molar refractivity (Wildman–Crippen MR) is 141 cm³/mol. The van der Waals surface area contributed by atoms with Crippen molar-refractivity contribution in [3.63, 3.8) is 0 Å². The highest BCUT2D eigenvalue weighted by molar-refractivity contribution is 7.92. The van der Waals surface area contributed by atoms with Crippen LogP contribution in [0, 0.1) is 17.8 Å². The molecule has 0 saturated carbocycles. The molecule has 4 rings (SSSR count). The lowest BCUT2D eigenvalue weighted by molar-refractivity contribution is -0.110. The molecule has 5 nitrogen and oxygen atoms in total. The van der Waals surface area contributed by atoms with Gasteiger partial charge in [-0.25, -0.2) is 12.4 Å². The number of ketones is 1. The number of aromatic nitrogens is 1. The summed E-state index contributed by atoms with van der Waals surface area (Å²) in [5.74, 6) is -0.116. The van der Waals surface area contributed by atoms with E-state index in [-0.39, 0.29) is 29.2 Å². The van der Waals surface area contributed by atoms with Gasteiger partial charge in [-0.15, -0.1) is 0 Å². The summed E-state index contributed by atoms with van der Waals surface area (Å²) in [6.45, 7) is 12.3. The first kappa shape index (κ1) is 25.4. The summed E-state index contributed by atoms with van der Waals surface area (Å²) in [6.07, 6.45) is 9.94. The molecule has 1 N–H and O–H groups in total. The van der Waals surface area contributed by atoms with Crippen LogP contribution in [0.3, 0.4) is 0 Å². The molecule has 1 aromatic heterocycles. The van der Waals surface area contributed by atoms with E-state index in [1.165, 1.54) is 28.3 Å². The first-order valence-electron chi connectivity index (χ1n) is 12.3. The zero-order valence-electron chi connectivity index (χ0n) is 21.3. The van der Waals surface area contributed by atoms with E-state index < -0.39 is 20.4 Å². The third-order valence-electron chi connectivity index (χ3n) is 7.38. The lowest BCUT2D eigenvalue weighted by atomic mass is 9.78. The molecule has 35 heavy (non-hydrogen) atoms. The quantitative estimate of drug-likeness (QED) is 0.527. The zero-order chi connectivity index (χ0) is 25.8. The van der Waals surface area contributed by atoms with E-state index in [2.05, 4.69) is 27.7 Å². The molecule has 0 unspecified atom stereocenters. The van der Waals surface area contributed by atoms with Crippen LogP contribution in [-0.2, 0) is 20.4 Å². The number of benzene rings is 1. The second-order valence-corrected chi connectivity index (χ2v) is 12.7. The Kier molecular flexibility index (Phi) is 6.35. The first-order chi connectivity index (χ1) is 16.3. The van der Waals surface area contributed by atoms with Crippen molar-refractivity contribution in [2.45, 2.75) is 58.3 Å². The monoisotopic (exact) mass is 493 g/mol. The van der Waals surface area contributed by atoms with E-state index in [1.807, 2.05) is 38.1 Å². The summed E-state index contributed by atoms with van der Waals surface area (Å²) in [5.41, 5.74) is 1.17. The minimum Gasteiger partial charge on any atom is -0.376 e. The normalized spacial score (nSPS) is 19.7. The van der Waals surface area contributed by atoms with Crippen LogP contribution in [0.4, 0.5) is 0 Å². The molecular weight excluding hydrogens is 458 g/mol. The van der Waals surface area contributed by atoms with E-state index in [4.69, 9.17) is 0 Å². The summed E-state index contributed by atoms with van der Waals surface area (Å²) >= 11 is 0. The number of carbonyl (C=O) groups excluding carboxylic acids is 1. The summed E-state index contributed by atoms with van der Waals surface area (Å²) in [5, 5.41) is 12.3. The van der Waals surface area contributed by atoms with Gasteiger partial charge in [0.25, 0.3) is 10.0 Å². The zero-order valence-corrected chi connectivity index (χ0v) is 22.1. The molecule has 0 bridgehead atoms. The van der Waals surface area contributed by atoms with Crippen molar-refractivity contribution in [3.8, 4) is 0 Å². The van der Waals surface area contributed by atoms with Crippen molar-refractivity contribution < 1.29 is 18.3 Å². The second kappa shape index (κ2) is 8.75. The lowest BCUT2D eigenvalue weighted by Crippen LogP contribution is -2.47. The summed E-state index contributed by atoms with van der Waals surface area (Å²) < 4.78 is 29.8. The third kappa shape index (κ3) is 4.07. The Morgan fingerprint density at radius 1 is 0.914 bits per heavy atom. The van der Waals surface area contributed by atoms with Gasteiger partial charge in [0.05, 0.1) is 11.2 Å². The maximum Gasteiger partial charge on any atom is 0.252 e. The third-order valence-corrected chi connectivity index (χ3v) is 9.86. The second-order valence-electron chi connectivity index (χ2n) is 10.7. The van der Waals surface area contributed by atoms with Crippen LogP contribution in [0.1, 0.15) is 53.7 Å². The fraction of sp³-hybridized carbons (Fsp3) is 0.414. The number of rotatable bonds is 6. The number of para-hydroxylation sites is 1. The molecule has 0 aliphatic heterocycles. The molecule has 0 radical (unpaired) electrons. The predicted octanol–water partition coefficient (Wildman–Crippen LogP) is 5.67. The van der Waals surface area contributed by atoms with Crippen molar-refractivity contribution in [1.29, 1.82) is 0 Å². The number of aliphatic hydroxyl groups is 1. The van der Waals surface area contributed by atoms with Crippen LogP contribution in [0.5, 0.6) is 0 Å². The largest absolute Gasteiger partial charge is 0.376 e. The summed E-state index contributed by atoms with van der Waals surface area (Å²) in [4.78, 5) is 11.8. The SMILES string of the molecule is CC(C)C1=CC(C(C)C)(S(=O)(=O)n2c(C3(O)C=CC(=O)C=C3)cc3ccccc32)C=C(C(C)C)C1. The van der Waals surface area contributed by atoms with Crippen molar-refractivity contribution in [2.75, 3.05) is 0 Å². The highest BCUT2D eigenvalue weighted by Crippen LogP contribution is 2.45. The van der Waals surface area contributed by atoms with Gasteiger partial charge in [0.2, 0.25) is 0 Å². The number of carbonyl (C=O) groups is 1. The summed E-state index contributed by atoms with van der Waals surface area (Å²) in [7, 11) is -4.12. The van der Waals surface area contributed by atoms with Crippen molar-refractivity contribution in [1.82, 2.24) is 3.97 Å². The Morgan fingerprint density at radius 2 is 1.46 bits per heavy atom. The molecule has 1 aromatic carbocycles. The van der Waals surface area contributed by atoms with Crippen LogP contribution in [0.15, 0.2) is 77.9 Å². The molecule has 0 atom stereocenters. The molecule has 1 heterocycles. The van der Waals surface area contributed by atoms with E-state index in [9.17, 15) is 18.3 Å². The Hall–Kier alpha value is -2.70. The number of hydrogen-bond donors (Lipinski definition) is 1. The van der Waals surface area contributed by atoms with E-state index in [0.29, 0.717) is 10.9 Å². The molecule has 0 fully saturated rings. The van der Waals surface area contributed by atoms with Gasteiger partial charge in [0.15, 0.2) is 5.78 Å². The van der Waals surface area contributed by atoms with E-state index >= 15 is 0 Å². The highest BCUT2D eigenvalue weighted by atomic mass is 32.2. The maximum atomic E-state index is 14.9. The first-order valence-corrected chi connectivity index (χ1v) is 13.7. The van der Waals surface area contributed by atoms with Gasteiger partial charge in [0, 0.05) is 5.39 Å². The Morgan fingerprint density at radius 3 is 1.97 bits per heavy atom. The van der Waals surface area contributed by atoms with E-state index in [0.717, 1.165) is 17.6 Å². The molecule has 186 valence electrons. The molecule has 0 spiro atoms. The highest BCUT2D eigenvalue weighted by Gasteiger charge is 2.49. The molecule has 2 aliphatic carbocycles. The molecule has 6 heteroatoms. The molecular formula is C29H35NO4S. The summed E-state index contributed by atoms with van der Waals surface area (Å²) in [6, 6.07) is 8.94. The molecule has 0 saturated heterocycles. The van der Waals surface area contributed by atoms with Crippen molar-refractivity contribution >= 4 is 26.7 Å². The minimum atomic E-state index is -4.12. The standard InChI is InChI=1S/C29H35NO4S/c1-19(2)23-15-24(20(3)4)18-29(17-23,21(5)6)35(33,34)30-26-10-8-7-9-22(26)16-27(30)28(32)13-11-25(31)12-14-28/h7-14,16-21,32H,15H2,1-6H3. The topological polar surface area (TPSA) is 76.4 Å². The van der Waals surface area contributed by atoms with Crippen LogP contribution >= 0.6 is 0 Å². The van der Waals surface area contributed by atoms with Gasteiger partial charge in [-0.05, 0) is 60.6 Å².